The monoisotopic (exact) mass is 349 g/mol. The van der Waals surface area contributed by atoms with E-state index < -0.39 is 0 Å². The van der Waals surface area contributed by atoms with Gasteiger partial charge in [0.05, 0.1) is 11.4 Å². The Kier molecular flexibility index (Phi) is 4.32. The van der Waals surface area contributed by atoms with Gasteiger partial charge < -0.3 is 4.90 Å². The molecule has 5 heteroatoms. The van der Waals surface area contributed by atoms with Crippen LogP contribution in [0.3, 0.4) is 0 Å². The highest BCUT2D eigenvalue weighted by Crippen LogP contribution is 2.34. The van der Waals surface area contributed by atoms with E-state index in [1.165, 1.54) is 4.88 Å². The van der Waals surface area contributed by atoms with Crippen molar-refractivity contribution in [2.75, 3.05) is 11.9 Å². The third-order valence-electron chi connectivity index (χ3n) is 4.65. The van der Waals surface area contributed by atoms with E-state index in [0.717, 1.165) is 41.3 Å². The number of aryl methyl sites for hydroxylation is 1. The number of hydrogen-bond acceptors (Lipinski definition) is 4. The van der Waals surface area contributed by atoms with Crippen molar-refractivity contribution in [3.05, 3.63) is 65.3 Å². The Labute approximate surface area is 151 Å². The van der Waals surface area contributed by atoms with Crippen LogP contribution in [0, 0.1) is 5.92 Å². The maximum atomic E-state index is 12.9. The number of benzene rings is 1. The van der Waals surface area contributed by atoms with Crippen LogP contribution in [0.15, 0.2) is 54.7 Å². The summed E-state index contributed by atoms with van der Waals surface area (Å²) >= 11 is 1.67. The van der Waals surface area contributed by atoms with Crippen LogP contribution in [-0.4, -0.2) is 22.9 Å². The molecule has 2 aromatic heterocycles. The summed E-state index contributed by atoms with van der Waals surface area (Å²) in [7, 11) is 1.86. The fourth-order valence-electron chi connectivity index (χ4n) is 3.24. The molecule has 0 aliphatic heterocycles. The first-order valence-corrected chi connectivity index (χ1v) is 9.26. The fraction of sp³-hybridized carbons (Fsp3) is 0.250. The zero-order valence-corrected chi connectivity index (χ0v) is 14.9. The second kappa shape index (κ2) is 6.76. The molecule has 4 rings (SSSR count). The van der Waals surface area contributed by atoms with Crippen molar-refractivity contribution in [1.29, 1.82) is 0 Å². The Morgan fingerprint density at radius 1 is 1.16 bits per heavy atom. The van der Waals surface area contributed by atoms with E-state index in [4.69, 9.17) is 4.98 Å². The minimum atomic E-state index is 0.0229. The van der Waals surface area contributed by atoms with Crippen LogP contribution in [0.25, 0.3) is 10.7 Å². The van der Waals surface area contributed by atoms with Gasteiger partial charge in [0.1, 0.15) is 5.01 Å². The molecule has 1 amide bonds. The Balaban J connectivity index is 1.53. The molecular formula is C20H19N3OS. The summed E-state index contributed by atoms with van der Waals surface area (Å²) in [6, 6.07) is 15.7. The topological polar surface area (TPSA) is 46.1 Å². The Morgan fingerprint density at radius 2 is 1.96 bits per heavy atom. The highest BCUT2D eigenvalue weighted by Gasteiger charge is 2.30. The summed E-state index contributed by atoms with van der Waals surface area (Å²) in [5.41, 5.74) is 2.99. The van der Waals surface area contributed by atoms with Crippen LogP contribution in [0.2, 0.25) is 0 Å². The number of para-hydroxylation sites is 1. The molecule has 25 heavy (non-hydrogen) atoms. The smallest absolute Gasteiger partial charge is 0.230 e. The van der Waals surface area contributed by atoms with Crippen LogP contribution < -0.4 is 4.90 Å². The number of amides is 1. The fourth-order valence-corrected chi connectivity index (χ4v) is 4.40. The Bertz CT molecular complexity index is 876. The molecular weight excluding hydrogens is 330 g/mol. The molecule has 0 spiro atoms. The summed E-state index contributed by atoms with van der Waals surface area (Å²) in [5, 5.41) is 0.954. The quantitative estimate of drug-likeness (QED) is 0.719. The zero-order valence-electron chi connectivity index (χ0n) is 14.1. The molecule has 0 fully saturated rings. The highest BCUT2D eigenvalue weighted by molar-refractivity contribution is 7.15. The third kappa shape index (κ3) is 3.20. The van der Waals surface area contributed by atoms with E-state index in [9.17, 15) is 4.79 Å². The molecule has 0 saturated carbocycles. The number of rotatable bonds is 3. The average Bonchev–Trinajstić information content (AvgIpc) is 3.11. The van der Waals surface area contributed by atoms with Gasteiger partial charge in [-0.1, -0.05) is 24.3 Å². The van der Waals surface area contributed by atoms with Gasteiger partial charge in [-0.25, -0.2) is 4.98 Å². The largest absolute Gasteiger partial charge is 0.315 e. The minimum absolute atomic E-state index is 0.0229. The number of anilines is 1. The van der Waals surface area contributed by atoms with Crippen molar-refractivity contribution < 1.29 is 4.79 Å². The number of carbonyl (C=O) groups is 1. The first-order valence-electron chi connectivity index (χ1n) is 8.45. The van der Waals surface area contributed by atoms with Crippen molar-refractivity contribution in [3.8, 4) is 10.7 Å². The molecule has 2 heterocycles. The van der Waals surface area contributed by atoms with Gasteiger partial charge in [0.25, 0.3) is 0 Å². The predicted molar refractivity (Wildman–Crippen MR) is 101 cm³/mol. The van der Waals surface area contributed by atoms with Gasteiger partial charge in [0, 0.05) is 29.7 Å². The molecule has 1 atom stereocenters. The summed E-state index contributed by atoms with van der Waals surface area (Å²) in [6.45, 7) is 0. The van der Waals surface area contributed by atoms with Crippen LogP contribution in [0.4, 0.5) is 5.69 Å². The van der Waals surface area contributed by atoms with Crippen molar-refractivity contribution in [2.45, 2.75) is 19.3 Å². The average molecular weight is 349 g/mol. The summed E-state index contributed by atoms with van der Waals surface area (Å²) in [5.74, 6) is 0.208. The van der Waals surface area contributed by atoms with Crippen molar-refractivity contribution in [2.24, 2.45) is 5.92 Å². The number of thiazole rings is 1. The number of hydrogen-bond donors (Lipinski definition) is 0. The van der Waals surface area contributed by atoms with Crippen LogP contribution in [0.5, 0.6) is 0 Å². The molecule has 0 radical (unpaired) electrons. The molecule has 1 aliphatic rings. The van der Waals surface area contributed by atoms with Crippen molar-refractivity contribution >= 4 is 22.9 Å². The van der Waals surface area contributed by atoms with E-state index in [1.54, 1.807) is 22.4 Å². The molecule has 1 aliphatic carbocycles. The van der Waals surface area contributed by atoms with E-state index >= 15 is 0 Å². The summed E-state index contributed by atoms with van der Waals surface area (Å²) in [4.78, 5) is 25.0. The van der Waals surface area contributed by atoms with Gasteiger partial charge in [-0.3, -0.25) is 9.78 Å². The number of carbonyl (C=O) groups excluding carboxylic acids is 1. The number of nitrogens with zero attached hydrogens (tertiary/aromatic N) is 3. The van der Waals surface area contributed by atoms with Gasteiger partial charge in [-0.15, -0.1) is 11.3 Å². The van der Waals surface area contributed by atoms with Gasteiger partial charge in [-0.05, 0) is 43.5 Å². The van der Waals surface area contributed by atoms with Crippen molar-refractivity contribution in [1.82, 2.24) is 9.97 Å². The lowest BCUT2D eigenvalue weighted by atomic mass is 9.90. The maximum absolute atomic E-state index is 12.9. The number of pyridine rings is 1. The van der Waals surface area contributed by atoms with Gasteiger partial charge in [-0.2, -0.15) is 0 Å². The van der Waals surface area contributed by atoms with E-state index in [-0.39, 0.29) is 11.8 Å². The van der Waals surface area contributed by atoms with Crippen LogP contribution in [-0.2, 0) is 17.6 Å². The molecule has 1 unspecified atom stereocenters. The normalized spacial score (nSPS) is 16.3. The van der Waals surface area contributed by atoms with Gasteiger partial charge >= 0.3 is 0 Å². The van der Waals surface area contributed by atoms with Gasteiger partial charge in [0.15, 0.2) is 0 Å². The van der Waals surface area contributed by atoms with Crippen molar-refractivity contribution in [3.63, 3.8) is 0 Å². The number of aromatic nitrogens is 2. The molecule has 0 bridgehead atoms. The first kappa shape index (κ1) is 16.0. The highest BCUT2D eigenvalue weighted by atomic mass is 32.1. The van der Waals surface area contributed by atoms with E-state index in [0.29, 0.717) is 0 Å². The van der Waals surface area contributed by atoms with E-state index in [2.05, 4.69) is 4.98 Å². The molecule has 3 aromatic rings. The maximum Gasteiger partial charge on any atom is 0.230 e. The second-order valence-electron chi connectivity index (χ2n) is 6.28. The molecule has 0 N–H and O–H groups in total. The Morgan fingerprint density at radius 3 is 2.72 bits per heavy atom. The zero-order chi connectivity index (χ0) is 17.2. The lowest BCUT2D eigenvalue weighted by molar-refractivity contribution is -0.122. The van der Waals surface area contributed by atoms with Gasteiger partial charge in [0.2, 0.25) is 5.91 Å². The number of fused-ring (bicyclic) bond motifs is 1. The van der Waals surface area contributed by atoms with E-state index in [1.807, 2.05) is 55.6 Å². The predicted octanol–water partition coefficient (Wildman–Crippen LogP) is 3.97. The Hall–Kier alpha value is -2.53. The first-order chi connectivity index (χ1) is 12.2. The molecule has 1 aromatic carbocycles. The lowest BCUT2D eigenvalue weighted by Gasteiger charge is -2.26. The molecule has 0 saturated heterocycles. The van der Waals surface area contributed by atoms with Crippen LogP contribution in [0.1, 0.15) is 17.0 Å². The molecule has 126 valence electrons. The SMILES string of the molecule is CN(C(=O)C1CCc2nc(-c3ccccn3)sc2C1)c1ccccc1. The third-order valence-corrected chi connectivity index (χ3v) is 5.79. The second-order valence-corrected chi connectivity index (χ2v) is 7.36. The molecule has 4 nitrogen and oxygen atoms in total. The summed E-state index contributed by atoms with van der Waals surface area (Å²) in [6.07, 6.45) is 4.28. The summed E-state index contributed by atoms with van der Waals surface area (Å²) < 4.78 is 0. The standard InChI is InChI=1S/C20H19N3OS/c1-23(15-7-3-2-4-8-15)20(24)14-10-11-16-18(13-14)25-19(22-16)17-9-5-6-12-21-17/h2-9,12,14H,10-11,13H2,1H3. The lowest BCUT2D eigenvalue weighted by Crippen LogP contribution is -2.35. The van der Waals surface area contributed by atoms with Crippen LogP contribution >= 0.6 is 11.3 Å². The minimum Gasteiger partial charge on any atom is -0.315 e.